The maximum absolute atomic E-state index is 10.1. The van der Waals surface area contributed by atoms with Gasteiger partial charge in [-0.1, -0.05) is 26.7 Å². The molecular formula is C18H22N4O2. The third kappa shape index (κ3) is 1.69. The van der Waals surface area contributed by atoms with Crippen molar-refractivity contribution in [1.82, 2.24) is 0 Å². The van der Waals surface area contributed by atoms with E-state index in [1.54, 1.807) is 0 Å². The first-order chi connectivity index (χ1) is 11.5. The highest BCUT2D eigenvalue weighted by Crippen LogP contribution is 2.67. The summed E-state index contributed by atoms with van der Waals surface area (Å²) in [5, 5.41) is 38.2. The van der Waals surface area contributed by atoms with Gasteiger partial charge in [0.15, 0.2) is 10.8 Å². The van der Waals surface area contributed by atoms with E-state index in [0.717, 1.165) is 19.3 Å². The van der Waals surface area contributed by atoms with E-state index in [0.29, 0.717) is 25.2 Å². The van der Waals surface area contributed by atoms with Gasteiger partial charge in [-0.3, -0.25) is 5.41 Å². The van der Waals surface area contributed by atoms with Crippen molar-refractivity contribution in [2.45, 2.75) is 64.3 Å². The highest BCUT2D eigenvalue weighted by molar-refractivity contribution is 5.89. The second-order valence-corrected chi connectivity index (χ2v) is 7.19. The van der Waals surface area contributed by atoms with Gasteiger partial charge in [0, 0.05) is 6.42 Å². The van der Waals surface area contributed by atoms with Gasteiger partial charge in [0.2, 0.25) is 11.7 Å². The van der Waals surface area contributed by atoms with E-state index in [1.807, 2.05) is 6.92 Å². The molecule has 3 fully saturated rings. The quantitative estimate of drug-likeness (QED) is 0.855. The van der Waals surface area contributed by atoms with Gasteiger partial charge < -0.3 is 9.47 Å². The molecule has 3 aliphatic rings. The van der Waals surface area contributed by atoms with Crippen LogP contribution in [0.2, 0.25) is 0 Å². The highest BCUT2D eigenvalue weighted by atomic mass is 16.7. The lowest BCUT2D eigenvalue weighted by atomic mass is 9.51. The van der Waals surface area contributed by atoms with Crippen LogP contribution in [0.15, 0.2) is 0 Å². The van der Waals surface area contributed by atoms with Crippen LogP contribution < -0.4 is 0 Å². The van der Waals surface area contributed by atoms with Crippen molar-refractivity contribution < 1.29 is 9.47 Å². The van der Waals surface area contributed by atoms with Crippen LogP contribution in [0.25, 0.3) is 0 Å². The monoisotopic (exact) mass is 326 g/mol. The Morgan fingerprint density at radius 1 is 1.21 bits per heavy atom. The first-order valence-corrected chi connectivity index (χ1v) is 8.69. The largest absolute Gasteiger partial charge is 0.447 e. The minimum atomic E-state index is -1.70. The molecule has 5 unspecified atom stereocenters. The van der Waals surface area contributed by atoms with Crippen LogP contribution in [0.1, 0.15) is 52.4 Å². The molecule has 2 bridgehead atoms. The van der Waals surface area contributed by atoms with E-state index in [9.17, 15) is 15.8 Å². The topological polar surface area (TPSA) is 114 Å². The third-order valence-electron chi connectivity index (χ3n) is 6.20. The van der Waals surface area contributed by atoms with Crippen molar-refractivity contribution in [3.8, 4) is 18.2 Å². The third-order valence-corrected chi connectivity index (χ3v) is 6.20. The lowest BCUT2D eigenvalue weighted by Gasteiger charge is -2.52. The van der Waals surface area contributed by atoms with Crippen LogP contribution in [-0.4, -0.2) is 17.8 Å². The van der Waals surface area contributed by atoms with Gasteiger partial charge in [-0.2, -0.15) is 15.8 Å². The molecule has 3 rings (SSSR count). The molecule has 5 atom stereocenters. The second-order valence-electron chi connectivity index (χ2n) is 7.19. The molecule has 1 saturated carbocycles. The van der Waals surface area contributed by atoms with Gasteiger partial charge in [0.1, 0.15) is 0 Å². The molecule has 1 N–H and O–H groups in total. The fraction of sp³-hybridized carbons (Fsp3) is 0.778. The van der Waals surface area contributed by atoms with Crippen molar-refractivity contribution in [1.29, 1.82) is 21.2 Å². The summed E-state index contributed by atoms with van der Waals surface area (Å²) in [4.78, 5) is 0. The Hall–Kier alpha value is -2.10. The second kappa shape index (κ2) is 5.47. The zero-order chi connectivity index (χ0) is 17.6. The van der Waals surface area contributed by atoms with Crippen molar-refractivity contribution >= 4 is 5.90 Å². The number of rotatable bonds is 3. The summed E-state index contributed by atoms with van der Waals surface area (Å²) in [5.41, 5.74) is -3.24. The van der Waals surface area contributed by atoms with Crippen LogP contribution in [0.3, 0.4) is 0 Å². The summed E-state index contributed by atoms with van der Waals surface area (Å²) in [5.74, 6) is -1.30. The lowest BCUT2D eigenvalue weighted by Crippen LogP contribution is -2.63. The molecule has 0 aromatic rings. The molecule has 0 amide bonds. The molecule has 6 nitrogen and oxygen atoms in total. The fourth-order valence-corrected chi connectivity index (χ4v) is 5.07. The first kappa shape index (κ1) is 16.7. The van der Waals surface area contributed by atoms with Crippen molar-refractivity contribution in [2.75, 3.05) is 0 Å². The van der Waals surface area contributed by atoms with Gasteiger partial charge in [-0.15, -0.1) is 0 Å². The summed E-state index contributed by atoms with van der Waals surface area (Å²) >= 11 is 0. The molecule has 2 aliphatic heterocycles. The molecule has 1 aliphatic carbocycles. The van der Waals surface area contributed by atoms with E-state index in [1.165, 1.54) is 0 Å². The summed E-state index contributed by atoms with van der Waals surface area (Å²) < 4.78 is 12.0. The van der Waals surface area contributed by atoms with Gasteiger partial charge in [0.25, 0.3) is 0 Å². The number of nitriles is 3. The number of ether oxygens (including phenoxy) is 2. The Kier molecular flexibility index (Phi) is 3.82. The van der Waals surface area contributed by atoms with E-state index in [4.69, 9.17) is 14.9 Å². The van der Waals surface area contributed by atoms with Gasteiger partial charge in [0.05, 0.1) is 30.2 Å². The molecule has 24 heavy (non-hydrogen) atoms. The van der Waals surface area contributed by atoms with E-state index in [-0.39, 0.29) is 5.90 Å². The zero-order valence-corrected chi connectivity index (χ0v) is 14.1. The predicted molar refractivity (Wildman–Crippen MR) is 84.2 cm³/mol. The van der Waals surface area contributed by atoms with Crippen molar-refractivity contribution in [3.63, 3.8) is 0 Å². The lowest BCUT2D eigenvalue weighted by molar-refractivity contribution is -0.296. The SMILES string of the molecule is CCCC1CCC23OC(=N)C(C#N)(C2C1)C(C#N)(C#N)C(CC)O3. The Labute approximate surface area is 142 Å². The van der Waals surface area contributed by atoms with Crippen molar-refractivity contribution in [2.24, 2.45) is 22.7 Å². The molecule has 2 heterocycles. The zero-order valence-electron chi connectivity index (χ0n) is 14.1. The Morgan fingerprint density at radius 3 is 2.46 bits per heavy atom. The molecule has 0 aromatic carbocycles. The number of hydrogen-bond donors (Lipinski definition) is 1. The smallest absolute Gasteiger partial charge is 0.217 e. The molecule has 6 heteroatoms. The van der Waals surface area contributed by atoms with Crippen LogP contribution in [0, 0.1) is 62.1 Å². The minimum Gasteiger partial charge on any atom is -0.447 e. The van der Waals surface area contributed by atoms with E-state index in [2.05, 4.69) is 25.1 Å². The summed E-state index contributed by atoms with van der Waals surface area (Å²) in [7, 11) is 0. The fourth-order valence-electron chi connectivity index (χ4n) is 5.07. The van der Waals surface area contributed by atoms with Crippen LogP contribution >= 0.6 is 0 Å². The van der Waals surface area contributed by atoms with Crippen molar-refractivity contribution in [3.05, 3.63) is 0 Å². The normalized spacial score (nSPS) is 42.1. The summed E-state index contributed by atoms with van der Waals surface area (Å²) in [6, 6.07) is 6.33. The molecule has 2 saturated heterocycles. The van der Waals surface area contributed by atoms with Crippen LogP contribution in [-0.2, 0) is 9.47 Å². The predicted octanol–water partition coefficient (Wildman–Crippen LogP) is 3.26. The van der Waals surface area contributed by atoms with Crippen LogP contribution in [0.5, 0.6) is 0 Å². The van der Waals surface area contributed by atoms with Crippen LogP contribution in [0.4, 0.5) is 0 Å². The molecular weight excluding hydrogens is 304 g/mol. The average Bonchev–Trinajstić information content (AvgIpc) is 2.80. The maximum atomic E-state index is 10.1. The standard InChI is InChI=1S/C18H22N4O2/c1-3-5-12-6-7-18-13(8-12)17(11-21,15(22)24-18)16(9-19,10-20)14(4-2)23-18/h12-14,22H,3-8H2,1-2H3. The van der Waals surface area contributed by atoms with E-state index < -0.39 is 28.6 Å². The Balaban J connectivity index is 2.18. The minimum absolute atomic E-state index is 0.258. The number of nitrogens with zero attached hydrogens (tertiary/aromatic N) is 3. The van der Waals surface area contributed by atoms with Gasteiger partial charge >= 0.3 is 0 Å². The molecule has 0 spiro atoms. The Bertz CT molecular complexity index is 671. The maximum Gasteiger partial charge on any atom is 0.217 e. The number of nitrogens with one attached hydrogen (secondary N) is 1. The molecule has 0 aromatic heterocycles. The average molecular weight is 326 g/mol. The highest BCUT2D eigenvalue weighted by Gasteiger charge is 2.80. The molecule has 0 radical (unpaired) electrons. The summed E-state index contributed by atoms with van der Waals surface area (Å²) in [6.45, 7) is 3.96. The molecule has 126 valence electrons. The van der Waals surface area contributed by atoms with E-state index >= 15 is 0 Å². The Morgan fingerprint density at radius 2 is 1.92 bits per heavy atom. The number of hydrogen-bond acceptors (Lipinski definition) is 6. The van der Waals surface area contributed by atoms with Gasteiger partial charge in [-0.25, -0.2) is 0 Å². The van der Waals surface area contributed by atoms with Gasteiger partial charge in [-0.05, 0) is 25.2 Å². The first-order valence-electron chi connectivity index (χ1n) is 8.69. The summed E-state index contributed by atoms with van der Waals surface area (Å²) in [6.07, 6.45) is 3.96.